The van der Waals surface area contributed by atoms with Crippen molar-refractivity contribution in [1.29, 1.82) is 0 Å². The highest BCUT2D eigenvalue weighted by atomic mass is 16.7. The molecule has 216 valence electrons. The van der Waals surface area contributed by atoms with Crippen molar-refractivity contribution < 1.29 is 14.6 Å². The first-order valence-corrected chi connectivity index (χ1v) is 16.6. The monoisotopic (exact) mass is 511 g/mol. The van der Waals surface area contributed by atoms with Gasteiger partial charge in [-0.15, -0.1) is 0 Å². The quantitative estimate of drug-likeness (QED) is 0.112. The number of aliphatic hydroxyl groups excluding tert-OH is 1. The Kier molecular flexibility index (Phi) is 24.9. The molecule has 1 fully saturated rings. The van der Waals surface area contributed by atoms with Crippen molar-refractivity contribution in [2.24, 2.45) is 5.92 Å². The van der Waals surface area contributed by atoms with Crippen LogP contribution in [-0.2, 0) is 9.47 Å². The Morgan fingerprint density at radius 2 is 1.11 bits per heavy atom. The van der Waals surface area contributed by atoms with Gasteiger partial charge in [0, 0.05) is 13.2 Å². The van der Waals surface area contributed by atoms with Crippen LogP contribution in [0.4, 0.5) is 0 Å². The second-order valence-electron chi connectivity index (χ2n) is 11.9. The van der Waals surface area contributed by atoms with Crippen LogP contribution in [0.15, 0.2) is 0 Å². The SMILES string of the molecule is CCCCCCCCCCCCCCCCCC[C@H](C)[C@@H](O)CCCCCCCOC1CCCCO1. The number of hydrogen-bond donors (Lipinski definition) is 1. The molecular weight excluding hydrogens is 444 g/mol. The molecule has 0 radical (unpaired) electrons. The summed E-state index contributed by atoms with van der Waals surface area (Å²) < 4.78 is 11.4. The van der Waals surface area contributed by atoms with E-state index >= 15 is 0 Å². The molecular formula is C33H66O3. The van der Waals surface area contributed by atoms with Gasteiger partial charge in [-0.25, -0.2) is 0 Å². The van der Waals surface area contributed by atoms with E-state index < -0.39 is 0 Å². The number of rotatable bonds is 27. The predicted octanol–water partition coefficient (Wildman–Crippen LogP) is 10.5. The van der Waals surface area contributed by atoms with Crippen molar-refractivity contribution in [1.82, 2.24) is 0 Å². The van der Waals surface area contributed by atoms with Crippen molar-refractivity contribution >= 4 is 0 Å². The summed E-state index contributed by atoms with van der Waals surface area (Å²) in [5, 5.41) is 10.5. The third-order valence-electron chi connectivity index (χ3n) is 8.26. The fourth-order valence-corrected chi connectivity index (χ4v) is 5.53. The van der Waals surface area contributed by atoms with Gasteiger partial charge in [-0.1, -0.05) is 142 Å². The lowest BCUT2D eigenvalue weighted by Gasteiger charge is -2.22. The van der Waals surface area contributed by atoms with Gasteiger partial charge in [0.25, 0.3) is 0 Å². The minimum absolute atomic E-state index is 0.0600. The number of aliphatic hydroxyl groups is 1. The van der Waals surface area contributed by atoms with Crippen LogP contribution in [0, 0.1) is 5.92 Å². The summed E-state index contributed by atoms with van der Waals surface area (Å²) in [6.45, 7) is 6.25. The normalized spacial score (nSPS) is 17.9. The Balaban J connectivity index is 1.75. The van der Waals surface area contributed by atoms with Gasteiger partial charge in [0.05, 0.1) is 6.10 Å². The minimum Gasteiger partial charge on any atom is -0.393 e. The van der Waals surface area contributed by atoms with Gasteiger partial charge in [-0.3, -0.25) is 0 Å². The topological polar surface area (TPSA) is 38.7 Å². The minimum atomic E-state index is -0.104. The van der Waals surface area contributed by atoms with Crippen LogP contribution in [0.5, 0.6) is 0 Å². The van der Waals surface area contributed by atoms with E-state index in [9.17, 15) is 5.11 Å². The first-order valence-electron chi connectivity index (χ1n) is 16.6. The lowest BCUT2D eigenvalue weighted by atomic mass is 9.93. The molecule has 0 bridgehead atoms. The highest BCUT2D eigenvalue weighted by molar-refractivity contribution is 4.65. The average molecular weight is 511 g/mol. The first kappa shape index (κ1) is 33.9. The van der Waals surface area contributed by atoms with Gasteiger partial charge in [-0.2, -0.15) is 0 Å². The summed E-state index contributed by atoms with van der Waals surface area (Å²) in [4.78, 5) is 0. The van der Waals surface area contributed by atoms with Crippen LogP contribution in [0.25, 0.3) is 0 Å². The van der Waals surface area contributed by atoms with Gasteiger partial charge in [0.1, 0.15) is 0 Å². The largest absolute Gasteiger partial charge is 0.393 e. The van der Waals surface area contributed by atoms with Crippen molar-refractivity contribution in [2.45, 2.75) is 193 Å². The molecule has 0 aromatic rings. The van der Waals surface area contributed by atoms with E-state index in [4.69, 9.17) is 9.47 Å². The highest BCUT2D eigenvalue weighted by Gasteiger charge is 2.14. The van der Waals surface area contributed by atoms with Crippen molar-refractivity contribution in [3.8, 4) is 0 Å². The first-order chi connectivity index (χ1) is 17.7. The predicted molar refractivity (Wildman–Crippen MR) is 157 cm³/mol. The molecule has 1 saturated heterocycles. The van der Waals surface area contributed by atoms with Gasteiger partial charge in [0.15, 0.2) is 6.29 Å². The van der Waals surface area contributed by atoms with Gasteiger partial charge >= 0.3 is 0 Å². The molecule has 0 saturated carbocycles. The zero-order valence-corrected chi connectivity index (χ0v) is 24.8. The number of unbranched alkanes of at least 4 members (excludes halogenated alkanes) is 19. The van der Waals surface area contributed by atoms with E-state index in [1.165, 1.54) is 141 Å². The Labute approximate surface area is 226 Å². The smallest absolute Gasteiger partial charge is 0.157 e. The van der Waals surface area contributed by atoms with Crippen LogP contribution >= 0.6 is 0 Å². The van der Waals surface area contributed by atoms with E-state index in [2.05, 4.69) is 13.8 Å². The Hall–Kier alpha value is -0.120. The zero-order valence-electron chi connectivity index (χ0n) is 24.8. The maximum absolute atomic E-state index is 10.5. The molecule has 36 heavy (non-hydrogen) atoms. The molecule has 3 heteroatoms. The van der Waals surface area contributed by atoms with E-state index in [-0.39, 0.29) is 12.4 Å². The van der Waals surface area contributed by atoms with Crippen LogP contribution in [0.1, 0.15) is 181 Å². The molecule has 0 amide bonds. The lowest BCUT2D eigenvalue weighted by molar-refractivity contribution is -0.162. The molecule has 1 rings (SSSR count). The van der Waals surface area contributed by atoms with Crippen molar-refractivity contribution in [2.75, 3.05) is 13.2 Å². The third kappa shape index (κ3) is 21.9. The lowest BCUT2D eigenvalue weighted by Crippen LogP contribution is -2.22. The van der Waals surface area contributed by atoms with E-state index in [0.717, 1.165) is 38.9 Å². The van der Waals surface area contributed by atoms with Gasteiger partial charge < -0.3 is 14.6 Å². The Morgan fingerprint density at radius 1 is 0.639 bits per heavy atom. The fourth-order valence-electron chi connectivity index (χ4n) is 5.53. The van der Waals surface area contributed by atoms with E-state index in [1.54, 1.807) is 0 Å². The summed E-state index contributed by atoms with van der Waals surface area (Å²) >= 11 is 0. The highest BCUT2D eigenvalue weighted by Crippen LogP contribution is 2.20. The molecule has 0 aromatic heterocycles. The molecule has 1 unspecified atom stereocenters. The molecule has 1 aliphatic heterocycles. The van der Waals surface area contributed by atoms with Crippen LogP contribution in [0.3, 0.4) is 0 Å². The second kappa shape index (κ2) is 26.5. The van der Waals surface area contributed by atoms with Crippen molar-refractivity contribution in [3.05, 3.63) is 0 Å². The maximum Gasteiger partial charge on any atom is 0.157 e. The average Bonchev–Trinajstić information content (AvgIpc) is 2.90. The van der Waals surface area contributed by atoms with Crippen LogP contribution in [-0.4, -0.2) is 30.7 Å². The summed E-state index contributed by atoms with van der Waals surface area (Å²) in [5.74, 6) is 0.459. The molecule has 1 aliphatic rings. The van der Waals surface area contributed by atoms with Gasteiger partial charge in [-0.05, 0) is 44.4 Å². The molecule has 0 aromatic carbocycles. The molecule has 3 nitrogen and oxygen atoms in total. The molecule has 0 spiro atoms. The summed E-state index contributed by atoms with van der Waals surface area (Å²) in [7, 11) is 0. The summed E-state index contributed by atoms with van der Waals surface area (Å²) in [6, 6.07) is 0. The van der Waals surface area contributed by atoms with Crippen LogP contribution in [0.2, 0.25) is 0 Å². The van der Waals surface area contributed by atoms with E-state index in [0.29, 0.717) is 5.92 Å². The third-order valence-corrected chi connectivity index (χ3v) is 8.26. The Morgan fingerprint density at radius 3 is 1.61 bits per heavy atom. The standard InChI is InChI=1S/C33H66O3/c1-3-4-5-6-7-8-9-10-11-12-13-14-15-16-18-21-26-31(2)32(34)27-22-19-17-20-24-29-35-33-28-23-25-30-36-33/h31-34H,3-30H2,1-2H3/t31-,32-,33?/m0/s1. The molecule has 0 aliphatic carbocycles. The maximum atomic E-state index is 10.5. The van der Waals surface area contributed by atoms with Crippen molar-refractivity contribution in [3.63, 3.8) is 0 Å². The van der Waals surface area contributed by atoms with Gasteiger partial charge in [0.2, 0.25) is 0 Å². The second-order valence-corrected chi connectivity index (χ2v) is 11.9. The van der Waals surface area contributed by atoms with E-state index in [1.807, 2.05) is 0 Å². The molecule has 1 N–H and O–H groups in total. The molecule has 3 atom stereocenters. The zero-order chi connectivity index (χ0) is 25.9. The summed E-state index contributed by atoms with van der Waals surface area (Å²) in [6.07, 6.45) is 34.4. The fraction of sp³-hybridized carbons (Fsp3) is 1.00. The molecule has 1 heterocycles. The Bertz CT molecular complexity index is 421. The number of ether oxygens (including phenoxy) is 2. The van der Waals surface area contributed by atoms with Crippen LogP contribution < -0.4 is 0 Å². The number of hydrogen-bond acceptors (Lipinski definition) is 3. The summed E-state index contributed by atoms with van der Waals surface area (Å²) in [5.41, 5.74) is 0.